The molecule has 2 aromatic carbocycles. The Balaban J connectivity index is 1.49. The third kappa shape index (κ3) is 4.04. The Morgan fingerprint density at radius 1 is 1.08 bits per heavy atom. The van der Waals surface area contributed by atoms with Gasteiger partial charge in [0.25, 0.3) is 5.91 Å². The van der Waals surface area contributed by atoms with Crippen molar-refractivity contribution in [3.05, 3.63) is 59.9 Å². The molecule has 1 saturated heterocycles. The quantitative estimate of drug-likeness (QED) is 0.865. The summed E-state index contributed by atoms with van der Waals surface area (Å²) in [5.74, 6) is 0.444. The molecule has 1 amide bonds. The summed E-state index contributed by atoms with van der Waals surface area (Å²) in [6.45, 7) is 4.68. The van der Waals surface area contributed by atoms with Crippen LogP contribution in [-0.2, 0) is 4.79 Å². The van der Waals surface area contributed by atoms with Crippen LogP contribution in [0.3, 0.4) is 0 Å². The maximum Gasteiger partial charge on any atom is 0.260 e. The van der Waals surface area contributed by atoms with Crippen LogP contribution in [0.2, 0.25) is 0 Å². The van der Waals surface area contributed by atoms with E-state index in [0.717, 1.165) is 11.3 Å². The second-order valence-electron chi connectivity index (χ2n) is 5.95. The van der Waals surface area contributed by atoms with Crippen LogP contribution in [0, 0.1) is 12.7 Å². The molecule has 0 aromatic heterocycles. The Kier molecular flexibility index (Phi) is 4.99. The third-order valence-electron chi connectivity index (χ3n) is 4.19. The van der Waals surface area contributed by atoms with Crippen LogP contribution in [0.1, 0.15) is 5.56 Å². The molecule has 3 rings (SSSR count). The lowest BCUT2D eigenvalue weighted by Gasteiger charge is -2.36. The average molecular weight is 328 g/mol. The van der Waals surface area contributed by atoms with Crippen molar-refractivity contribution < 1.29 is 13.9 Å². The highest BCUT2D eigenvalue weighted by molar-refractivity contribution is 5.78. The van der Waals surface area contributed by atoms with E-state index in [1.54, 1.807) is 11.0 Å². The zero-order valence-corrected chi connectivity index (χ0v) is 13.7. The average Bonchev–Trinajstić information content (AvgIpc) is 2.61. The highest BCUT2D eigenvalue weighted by Gasteiger charge is 2.21. The molecule has 0 spiro atoms. The van der Waals surface area contributed by atoms with E-state index < -0.39 is 0 Å². The van der Waals surface area contributed by atoms with Crippen molar-refractivity contribution in [1.29, 1.82) is 0 Å². The first-order valence-corrected chi connectivity index (χ1v) is 8.09. The van der Waals surface area contributed by atoms with E-state index in [4.69, 9.17) is 4.74 Å². The SMILES string of the molecule is Cc1ccc(OCC(=O)N2CCN(c3cccc(F)c3)CC2)cc1. The van der Waals surface area contributed by atoms with Crippen LogP contribution in [-0.4, -0.2) is 43.6 Å². The van der Waals surface area contributed by atoms with Crippen LogP contribution in [0.25, 0.3) is 0 Å². The summed E-state index contributed by atoms with van der Waals surface area (Å²) in [6, 6.07) is 14.2. The van der Waals surface area contributed by atoms with E-state index >= 15 is 0 Å². The summed E-state index contributed by atoms with van der Waals surface area (Å²) in [5, 5.41) is 0. The molecule has 24 heavy (non-hydrogen) atoms. The second kappa shape index (κ2) is 7.34. The van der Waals surface area contributed by atoms with Crippen molar-refractivity contribution in [1.82, 2.24) is 4.90 Å². The molecule has 1 aliphatic rings. The molecule has 0 atom stereocenters. The summed E-state index contributed by atoms with van der Waals surface area (Å²) in [6.07, 6.45) is 0. The molecule has 2 aromatic rings. The zero-order chi connectivity index (χ0) is 16.9. The van der Waals surface area contributed by atoms with E-state index in [-0.39, 0.29) is 18.3 Å². The van der Waals surface area contributed by atoms with Gasteiger partial charge in [-0.15, -0.1) is 0 Å². The molecule has 5 heteroatoms. The first-order valence-electron chi connectivity index (χ1n) is 8.09. The van der Waals surface area contributed by atoms with Gasteiger partial charge in [0, 0.05) is 31.9 Å². The molecule has 1 aliphatic heterocycles. The number of ether oxygens (including phenoxy) is 1. The molecule has 0 N–H and O–H groups in total. The fraction of sp³-hybridized carbons (Fsp3) is 0.316. The highest BCUT2D eigenvalue weighted by Crippen LogP contribution is 2.18. The molecule has 4 nitrogen and oxygen atoms in total. The number of piperazine rings is 1. The molecule has 0 radical (unpaired) electrons. The summed E-state index contributed by atoms with van der Waals surface area (Å²) in [5.41, 5.74) is 2.01. The van der Waals surface area contributed by atoms with E-state index in [9.17, 15) is 9.18 Å². The minimum absolute atomic E-state index is 0.0190. The van der Waals surface area contributed by atoms with Gasteiger partial charge >= 0.3 is 0 Å². The van der Waals surface area contributed by atoms with Crippen molar-refractivity contribution in [3.8, 4) is 5.75 Å². The van der Waals surface area contributed by atoms with Crippen molar-refractivity contribution in [2.45, 2.75) is 6.92 Å². The number of halogens is 1. The number of carbonyl (C=O) groups excluding carboxylic acids is 1. The largest absolute Gasteiger partial charge is 0.484 e. The van der Waals surface area contributed by atoms with E-state index in [1.165, 1.54) is 12.1 Å². The minimum atomic E-state index is -0.238. The monoisotopic (exact) mass is 328 g/mol. The molecule has 1 heterocycles. The molecule has 0 aliphatic carbocycles. The van der Waals surface area contributed by atoms with Crippen LogP contribution >= 0.6 is 0 Å². The number of amides is 1. The molecular weight excluding hydrogens is 307 g/mol. The summed E-state index contributed by atoms with van der Waals surface area (Å²) < 4.78 is 18.9. The predicted octanol–water partition coefficient (Wildman–Crippen LogP) is 2.86. The fourth-order valence-electron chi connectivity index (χ4n) is 2.76. The number of hydrogen-bond acceptors (Lipinski definition) is 3. The zero-order valence-electron chi connectivity index (χ0n) is 13.7. The Bertz CT molecular complexity index is 695. The maximum atomic E-state index is 13.3. The Morgan fingerprint density at radius 3 is 2.46 bits per heavy atom. The first-order chi connectivity index (χ1) is 11.6. The van der Waals surface area contributed by atoms with Crippen LogP contribution in [0.4, 0.5) is 10.1 Å². The van der Waals surface area contributed by atoms with Gasteiger partial charge in [-0.3, -0.25) is 4.79 Å². The lowest BCUT2D eigenvalue weighted by atomic mass is 10.2. The number of nitrogens with zero attached hydrogens (tertiary/aromatic N) is 2. The number of aryl methyl sites for hydroxylation is 1. The normalized spacial score (nSPS) is 14.6. The smallest absolute Gasteiger partial charge is 0.260 e. The van der Waals surface area contributed by atoms with Gasteiger partial charge < -0.3 is 14.5 Å². The fourth-order valence-corrected chi connectivity index (χ4v) is 2.76. The van der Waals surface area contributed by atoms with Gasteiger partial charge in [0.1, 0.15) is 11.6 Å². The van der Waals surface area contributed by atoms with Gasteiger partial charge in [0.05, 0.1) is 0 Å². The van der Waals surface area contributed by atoms with Gasteiger partial charge in [-0.2, -0.15) is 0 Å². The number of anilines is 1. The van der Waals surface area contributed by atoms with Crippen molar-refractivity contribution in [3.63, 3.8) is 0 Å². The summed E-state index contributed by atoms with van der Waals surface area (Å²) >= 11 is 0. The van der Waals surface area contributed by atoms with Gasteiger partial charge in [-0.1, -0.05) is 23.8 Å². The van der Waals surface area contributed by atoms with Gasteiger partial charge in [-0.25, -0.2) is 4.39 Å². The summed E-state index contributed by atoms with van der Waals surface area (Å²) in [4.78, 5) is 16.1. The molecule has 1 fully saturated rings. The number of carbonyl (C=O) groups is 1. The van der Waals surface area contributed by atoms with Gasteiger partial charge in [0.15, 0.2) is 6.61 Å². The van der Waals surface area contributed by atoms with Crippen LogP contribution < -0.4 is 9.64 Å². The molecule has 0 unspecified atom stereocenters. The van der Waals surface area contributed by atoms with Crippen molar-refractivity contribution >= 4 is 11.6 Å². The minimum Gasteiger partial charge on any atom is -0.484 e. The third-order valence-corrected chi connectivity index (χ3v) is 4.19. The lowest BCUT2D eigenvalue weighted by Crippen LogP contribution is -2.50. The number of benzene rings is 2. The Labute approximate surface area is 141 Å². The van der Waals surface area contributed by atoms with Crippen molar-refractivity contribution in [2.24, 2.45) is 0 Å². The lowest BCUT2D eigenvalue weighted by molar-refractivity contribution is -0.133. The predicted molar refractivity (Wildman–Crippen MR) is 91.9 cm³/mol. The molecule has 0 bridgehead atoms. The van der Waals surface area contributed by atoms with Crippen LogP contribution in [0.15, 0.2) is 48.5 Å². The van der Waals surface area contributed by atoms with E-state index in [0.29, 0.717) is 31.9 Å². The number of hydrogen-bond donors (Lipinski definition) is 0. The Hall–Kier alpha value is -2.56. The molecule has 0 saturated carbocycles. The molecular formula is C19H21FN2O2. The Morgan fingerprint density at radius 2 is 1.79 bits per heavy atom. The van der Waals surface area contributed by atoms with E-state index in [1.807, 2.05) is 37.3 Å². The van der Waals surface area contributed by atoms with Gasteiger partial charge in [-0.05, 0) is 37.3 Å². The van der Waals surface area contributed by atoms with Gasteiger partial charge in [0.2, 0.25) is 0 Å². The second-order valence-corrected chi connectivity index (χ2v) is 5.95. The van der Waals surface area contributed by atoms with Crippen LogP contribution in [0.5, 0.6) is 5.75 Å². The number of rotatable bonds is 4. The first kappa shape index (κ1) is 16.3. The topological polar surface area (TPSA) is 32.8 Å². The maximum absolute atomic E-state index is 13.3. The molecule has 126 valence electrons. The van der Waals surface area contributed by atoms with E-state index in [2.05, 4.69) is 4.90 Å². The summed E-state index contributed by atoms with van der Waals surface area (Å²) in [7, 11) is 0. The highest BCUT2D eigenvalue weighted by atomic mass is 19.1. The standard InChI is InChI=1S/C19H21FN2O2/c1-15-5-7-18(8-6-15)24-14-19(23)22-11-9-21(10-12-22)17-4-2-3-16(20)13-17/h2-8,13H,9-12,14H2,1H3. The van der Waals surface area contributed by atoms with Crippen molar-refractivity contribution in [2.75, 3.05) is 37.7 Å².